The first kappa shape index (κ1) is 20.1. The Kier molecular flexibility index (Phi) is 6.26. The Hall–Kier alpha value is -3.64. The summed E-state index contributed by atoms with van der Waals surface area (Å²) in [4.78, 5) is 15.6. The van der Waals surface area contributed by atoms with Gasteiger partial charge in [-0.05, 0) is 44.2 Å². The van der Waals surface area contributed by atoms with Crippen LogP contribution >= 0.6 is 0 Å². The molecule has 0 bridgehead atoms. The Morgan fingerprint density at radius 1 is 1.00 bits per heavy atom. The fourth-order valence-corrected chi connectivity index (χ4v) is 2.56. The first-order chi connectivity index (χ1) is 13.9. The molecule has 3 aromatic carbocycles. The molecule has 4 aromatic rings. The summed E-state index contributed by atoms with van der Waals surface area (Å²) >= 11 is 0. The van der Waals surface area contributed by atoms with Gasteiger partial charge in [-0.25, -0.2) is 4.98 Å². The molecule has 0 atom stereocenters. The number of ether oxygens (including phenoxy) is 1. The Morgan fingerprint density at radius 3 is 2.34 bits per heavy atom. The van der Waals surface area contributed by atoms with E-state index in [1.807, 2.05) is 30.3 Å². The minimum absolute atomic E-state index is 0.0369. The zero-order valence-electron chi connectivity index (χ0n) is 16.3. The van der Waals surface area contributed by atoms with E-state index in [0.29, 0.717) is 34.2 Å². The number of carbonyl (C=O) groups excluding carboxylic acids is 1. The molecule has 0 amide bonds. The molecule has 0 saturated heterocycles. The lowest BCUT2D eigenvalue weighted by Crippen LogP contribution is -2.57. The Balaban J connectivity index is 0.000000552. The summed E-state index contributed by atoms with van der Waals surface area (Å²) in [5.74, 6) is 0.274. The second-order valence-electron chi connectivity index (χ2n) is 6.79. The quantitative estimate of drug-likeness (QED) is 0.576. The Labute approximate surface area is 168 Å². The number of benzene rings is 3. The molecule has 1 heterocycles. The number of hydrogen-bond acceptors (Lipinski definition) is 5. The number of para-hydroxylation sites is 1. The third-order valence-electron chi connectivity index (χ3n) is 3.72. The van der Waals surface area contributed by atoms with Gasteiger partial charge in [0.1, 0.15) is 17.0 Å². The molecule has 6 heteroatoms. The summed E-state index contributed by atoms with van der Waals surface area (Å²) in [6, 6.07) is 21.7. The smallest absolute Gasteiger partial charge is 0.227 e. The summed E-state index contributed by atoms with van der Waals surface area (Å²) in [5, 5.41) is 11.3. The maximum Gasteiger partial charge on any atom is 0.227 e. The number of aromatic nitrogens is 1. The molecule has 0 radical (unpaired) electrons. The summed E-state index contributed by atoms with van der Waals surface area (Å²) in [6.45, 7) is 4.11. The lowest BCUT2D eigenvalue weighted by Gasteiger charge is -2.06. The van der Waals surface area contributed by atoms with Gasteiger partial charge in [0, 0.05) is 17.2 Å². The van der Waals surface area contributed by atoms with E-state index in [2.05, 4.69) is 24.6 Å². The lowest BCUT2D eigenvalue weighted by molar-refractivity contribution is -0.407. The summed E-state index contributed by atoms with van der Waals surface area (Å²) in [5.41, 5.74) is 5.18. The van der Waals surface area contributed by atoms with Crippen LogP contribution in [0.4, 0.5) is 0 Å². The standard InChI is InChI=1S/C20H13NO4.C3H9N/c22-20(23)16-9-5-4-8-15(16)19-21-17-11-10-14(12-18(17)25-19)24-13-6-2-1-3-7-13;1-3(2)4/h1-12H,(H,22,23);3H,4H2,1-2H3. The van der Waals surface area contributed by atoms with Crippen molar-refractivity contribution >= 4 is 17.1 Å². The van der Waals surface area contributed by atoms with Crippen LogP contribution < -0.4 is 15.6 Å². The molecule has 6 nitrogen and oxygen atoms in total. The van der Waals surface area contributed by atoms with E-state index in [4.69, 9.17) is 9.15 Å². The van der Waals surface area contributed by atoms with Crippen molar-refractivity contribution in [2.24, 2.45) is 0 Å². The summed E-state index contributed by atoms with van der Waals surface area (Å²) < 4.78 is 11.5. The van der Waals surface area contributed by atoms with Gasteiger partial charge in [-0.15, -0.1) is 0 Å². The molecule has 0 saturated carbocycles. The van der Waals surface area contributed by atoms with E-state index in [9.17, 15) is 9.90 Å². The largest absolute Gasteiger partial charge is 0.545 e. The average molecular weight is 390 g/mol. The molecule has 4 rings (SSSR count). The predicted octanol–water partition coefficient (Wildman–Crippen LogP) is 3.29. The highest BCUT2D eigenvalue weighted by Gasteiger charge is 2.13. The second-order valence-corrected chi connectivity index (χ2v) is 6.79. The van der Waals surface area contributed by atoms with E-state index in [-0.39, 0.29) is 11.5 Å². The highest BCUT2D eigenvalue weighted by molar-refractivity contribution is 5.94. The van der Waals surface area contributed by atoms with Crippen LogP contribution in [0.2, 0.25) is 0 Å². The Morgan fingerprint density at radius 2 is 1.66 bits per heavy atom. The van der Waals surface area contributed by atoms with E-state index in [1.54, 1.807) is 36.4 Å². The number of carboxylic acids is 1. The van der Waals surface area contributed by atoms with Gasteiger partial charge in [0.15, 0.2) is 5.58 Å². The van der Waals surface area contributed by atoms with Crippen LogP contribution in [-0.2, 0) is 0 Å². The molecule has 0 unspecified atom stereocenters. The number of fused-ring (bicyclic) bond motifs is 1. The van der Waals surface area contributed by atoms with Crippen LogP contribution in [0, 0.1) is 0 Å². The van der Waals surface area contributed by atoms with Gasteiger partial charge < -0.3 is 24.8 Å². The monoisotopic (exact) mass is 390 g/mol. The van der Waals surface area contributed by atoms with E-state index >= 15 is 0 Å². The normalized spacial score (nSPS) is 10.5. The van der Waals surface area contributed by atoms with Crippen molar-refractivity contribution in [2.45, 2.75) is 19.9 Å². The molecule has 0 spiro atoms. The van der Waals surface area contributed by atoms with Crippen LogP contribution in [0.3, 0.4) is 0 Å². The third-order valence-corrected chi connectivity index (χ3v) is 3.72. The second kappa shape index (κ2) is 9.03. The number of nitrogens with zero attached hydrogens (tertiary/aromatic N) is 1. The molecule has 0 fully saturated rings. The average Bonchev–Trinajstić information content (AvgIpc) is 3.11. The number of carbonyl (C=O) groups is 1. The van der Waals surface area contributed by atoms with E-state index in [1.165, 1.54) is 6.07 Å². The van der Waals surface area contributed by atoms with Crippen LogP contribution in [-0.4, -0.2) is 17.0 Å². The third kappa shape index (κ3) is 5.21. The number of carboxylic acid groups (broad SMARTS) is 1. The van der Waals surface area contributed by atoms with E-state index in [0.717, 1.165) is 0 Å². The van der Waals surface area contributed by atoms with Gasteiger partial charge in [-0.3, -0.25) is 0 Å². The number of rotatable bonds is 4. The van der Waals surface area contributed by atoms with Crippen molar-refractivity contribution < 1.29 is 24.8 Å². The number of hydrogen-bond donors (Lipinski definition) is 1. The molecule has 148 valence electrons. The van der Waals surface area contributed by atoms with Crippen molar-refractivity contribution in [1.29, 1.82) is 0 Å². The van der Waals surface area contributed by atoms with Crippen molar-refractivity contribution in [2.75, 3.05) is 0 Å². The van der Waals surface area contributed by atoms with Crippen LogP contribution in [0.15, 0.2) is 77.2 Å². The van der Waals surface area contributed by atoms with Gasteiger partial charge in [0.2, 0.25) is 5.89 Å². The predicted molar refractivity (Wildman–Crippen MR) is 108 cm³/mol. The SMILES string of the molecule is CC(C)[NH3+].O=C([O-])c1ccccc1-c1nc2ccc(Oc3ccccc3)cc2o1. The maximum atomic E-state index is 11.3. The first-order valence-corrected chi connectivity index (χ1v) is 9.21. The number of oxazole rings is 1. The van der Waals surface area contributed by atoms with Crippen molar-refractivity contribution in [1.82, 2.24) is 4.98 Å². The molecular weight excluding hydrogens is 368 g/mol. The minimum atomic E-state index is -1.27. The molecule has 1 aromatic heterocycles. The van der Waals surface area contributed by atoms with Gasteiger partial charge in [0.05, 0.1) is 12.0 Å². The fourth-order valence-electron chi connectivity index (χ4n) is 2.56. The fraction of sp³-hybridized carbons (Fsp3) is 0.130. The van der Waals surface area contributed by atoms with E-state index < -0.39 is 5.97 Å². The number of quaternary nitrogens is 1. The van der Waals surface area contributed by atoms with Gasteiger partial charge >= 0.3 is 0 Å². The summed E-state index contributed by atoms with van der Waals surface area (Å²) in [6.07, 6.45) is 0. The Bertz CT molecular complexity index is 1100. The maximum absolute atomic E-state index is 11.3. The van der Waals surface area contributed by atoms with Crippen LogP contribution in [0.25, 0.3) is 22.6 Å². The van der Waals surface area contributed by atoms with Crippen LogP contribution in [0.5, 0.6) is 11.5 Å². The molecule has 0 aliphatic heterocycles. The summed E-state index contributed by atoms with van der Waals surface area (Å²) in [7, 11) is 0. The topological polar surface area (TPSA) is 103 Å². The molecule has 0 aliphatic carbocycles. The van der Waals surface area contributed by atoms with Gasteiger partial charge in [-0.2, -0.15) is 0 Å². The van der Waals surface area contributed by atoms with Gasteiger partial charge in [0.25, 0.3) is 0 Å². The molecule has 0 aliphatic rings. The van der Waals surface area contributed by atoms with Crippen molar-refractivity contribution in [3.8, 4) is 23.0 Å². The lowest BCUT2D eigenvalue weighted by atomic mass is 10.1. The molecule has 29 heavy (non-hydrogen) atoms. The highest BCUT2D eigenvalue weighted by atomic mass is 16.5. The minimum Gasteiger partial charge on any atom is -0.545 e. The molecular formula is C23H22N2O4. The molecule has 3 N–H and O–H groups in total. The highest BCUT2D eigenvalue weighted by Crippen LogP contribution is 2.30. The van der Waals surface area contributed by atoms with Crippen molar-refractivity contribution in [3.63, 3.8) is 0 Å². The zero-order chi connectivity index (χ0) is 20.8. The number of aromatic carboxylic acids is 1. The van der Waals surface area contributed by atoms with Crippen LogP contribution in [0.1, 0.15) is 24.2 Å². The van der Waals surface area contributed by atoms with Crippen molar-refractivity contribution in [3.05, 3.63) is 78.4 Å². The zero-order valence-corrected chi connectivity index (χ0v) is 16.3. The van der Waals surface area contributed by atoms with Gasteiger partial charge in [-0.1, -0.05) is 36.4 Å². The first-order valence-electron chi connectivity index (χ1n) is 9.21.